The van der Waals surface area contributed by atoms with Crippen molar-refractivity contribution < 1.29 is 0 Å². The second-order valence-corrected chi connectivity index (χ2v) is 3.23. The number of nitrogens with one attached hydrogen (secondary N) is 1. The molecule has 0 spiro atoms. The van der Waals surface area contributed by atoms with Gasteiger partial charge in [-0.25, -0.2) is 4.98 Å². The summed E-state index contributed by atoms with van der Waals surface area (Å²) in [5.74, 6) is 1.04. The molecule has 11 heavy (non-hydrogen) atoms. The molecule has 0 aliphatic carbocycles. The van der Waals surface area contributed by atoms with Crippen LogP contribution in [0.2, 0.25) is 0 Å². The lowest BCUT2D eigenvalue weighted by Gasteiger charge is -1.95. The van der Waals surface area contributed by atoms with Crippen molar-refractivity contribution in [3.63, 3.8) is 0 Å². The lowest BCUT2D eigenvalue weighted by Crippen LogP contribution is -1.97. The molecular formula is C6H6N4S. The fourth-order valence-electron chi connectivity index (χ4n) is 0.839. The van der Waals surface area contributed by atoms with Crippen molar-refractivity contribution in [1.29, 1.82) is 0 Å². The van der Waals surface area contributed by atoms with Crippen LogP contribution in [0.5, 0.6) is 0 Å². The molecule has 0 fully saturated rings. The van der Waals surface area contributed by atoms with Gasteiger partial charge in [0.15, 0.2) is 5.82 Å². The minimum Gasteiger partial charge on any atom is -0.368 e. The Balaban J connectivity index is 2.51. The summed E-state index contributed by atoms with van der Waals surface area (Å²) in [5.41, 5.74) is 5.38. The molecule has 0 radical (unpaired) electrons. The van der Waals surface area contributed by atoms with Gasteiger partial charge >= 0.3 is 0 Å². The maximum Gasteiger partial charge on any atom is 0.222 e. The van der Waals surface area contributed by atoms with Crippen LogP contribution >= 0.6 is 11.8 Å². The Bertz CT molecular complexity index is 322. The molecular weight excluding hydrogens is 160 g/mol. The maximum atomic E-state index is 5.38. The first-order valence-corrected chi connectivity index (χ1v) is 3.83. The van der Waals surface area contributed by atoms with Crippen LogP contribution in [0.15, 0.2) is 22.7 Å². The molecule has 0 amide bonds. The number of nitrogens with two attached hydrogens (primary N) is 1. The summed E-state index contributed by atoms with van der Waals surface area (Å²) in [5, 5.41) is 3.84. The molecule has 0 saturated heterocycles. The van der Waals surface area contributed by atoms with Gasteiger partial charge in [0.05, 0.1) is 9.92 Å². The number of nitrogens with zero attached hydrogens (tertiary/aromatic N) is 2. The molecule has 0 atom stereocenters. The van der Waals surface area contributed by atoms with E-state index in [4.69, 9.17) is 5.73 Å². The smallest absolute Gasteiger partial charge is 0.222 e. The molecule has 3 N–H and O–H groups in total. The van der Waals surface area contributed by atoms with Crippen LogP contribution in [0.25, 0.3) is 0 Å². The molecule has 4 nitrogen and oxygen atoms in total. The van der Waals surface area contributed by atoms with Gasteiger partial charge in [0.1, 0.15) is 0 Å². The average Bonchev–Trinajstić information content (AvgIpc) is 2.27. The molecule has 0 bridgehead atoms. The van der Waals surface area contributed by atoms with Crippen molar-refractivity contribution in [3.8, 4) is 0 Å². The van der Waals surface area contributed by atoms with Crippen molar-refractivity contribution in [1.82, 2.24) is 9.97 Å². The van der Waals surface area contributed by atoms with Crippen LogP contribution < -0.4 is 11.1 Å². The van der Waals surface area contributed by atoms with Crippen LogP contribution in [0.4, 0.5) is 11.8 Å². The van der Waals surface area contributed by atoms with Gasteiger partial charge in [-0.2, -0.15) is 4.98 Å². The van der Waals surface area contributed by atoms with E-state index in [2.05, 4.69) is 21.9 Å². The third kappa shape index (κ3) is 1.03. The SMILES string of the molecule is C=C1Nc2nc(N)ncc2S1. The third-order valence-electron chi connectivity index (χ3n) is 1.26. The fourth-order valence-corrected chi connectivity index (χ4v) is 1.55. The van der Waals surface area contributed by atoms with Crippen LogP contribution in [-0.4, -0.2) is 9.97 Å². The summed E-state index contributed by atoms with van der Waals surface area (Å²) in [4.78, 5) is 8.80. The van der Waals surface area contributed by atoms with Gasteiger partial charge in [0.25, 0.3) is 0 Å². The van der Waals surface area contributed by atoms with E-state index in [1.165, 1.54) is 11.8 Å². The summed E-state index contributed by atoms with van der Waals surface area (Å²) in [6, 6.07) is 0. The predicted molar refractivity (Wildman–Crippen MR) is 45.1 cm³/mol. The minimum absolute atomic E-state index is 0.284. The Hall–Kier alpha value is -1.23. The summed E-state index contributed by atoms with van der Waals surface area (Å²) >= 11 is 1.51. The maximum absolute atomic E-state index is 5.38. The Morgan fingerprint density at radius 2 is 2.45 bits per heavy atom. The fraction of sp³-hybridized carbons (Fsp3) is 0. The van der Waals surface area contributed by atoms with Crippen LogP contribution in [0, 0.1) is 0 Å². The predicted octanol–water partition coefficient (Wildman–Crippen LogP) is 1.05. The van der Waals surface area contributed by atoms with E-state index in [0.717, 1.165) is 15.7 Å². The second kappa shape index (κ2) is 2.13. The normalized spacial score (nSPS) is 14.4. The lowest BCUT2D eigenvalue weighted by atomic mass is 10.6. The highest BCUT2D eigenvalue weighted by Crippen LogP contribution is 2.37. The van der Waals surface area contributed by atoms with Gasteiger partial charge in [-0.05, 0) is 0 Å². The largest absolute Gasteiger partial charge is 0.368 e. The van der Waals surface area contributed by atoms with Gasteiger partial charge < -0.3 is 11.1 Å². The number of nitrogen functional groups attached to an aromatic ring is 1. The number of hydrogen-bond donors (Lipinski definition) is 2. The van der Waals surface area contributed by atoms with Gasteiger partial charge in [0.2, 0.25) is 5.95 Å². The highest BCUT2D eigenvalue weighted by atomic mass is 32.2. The molecule has 1 aliphatic rings. The topological polar surface area (TPSA) is 63.8 Å². The monoisotopic (exact) mass is 166 g/mol. The van der Waals surface area contributed by atoms with E-state index in [1.807, 2.05) is 0 Å². The molecule has 5 heteroatoms. The number of thioether (sulfide) groups is 1. The zero-order valence-electron chi connectivity index (χ0n) is 5.66. The lowest BCUT2D eigenvalue weighted by molar-refractivity contribution is 1.13. The zero-order chi connectivity index (χ0) is 7.84. The van der Waals surface area contributed by atoms with Gasteiger partial charge in [0, 0.05) is 6.20 Å². The highest BCUT2D eigenvalue weighted by Gasteiger charge is 2.15. The Morgan fingerprint density at radius 1 is 1.64 bits per heavy atom. The average molecular weight is 166 g/mol. The molecule has 2 rings (SSSR count). The van der Waals surface area contributed by atoms with E-state index in [9.17, 15) is 0 Å². The van der Waals surface area contributed by atoms with Crippen LogP contribution in [-0.2, 0) is 0 Å². The van der Waals surface area contributed by atoms with E-state index in [0.29, 0.717) is 0 Å². The molecule has 1 aromatic heterocycles. The Kier molecular flexibility index (Phi) is 1.25. The summed E-state index contributed by atoms with van der Waals surface area (Å²) in [6.45, 7) is 3.74. The first kappa shape index (κ1) is 6.48. The molecule has 0 aromatic carbocycles. The molecule has 2 heterocycles. The van der Waals surface area contributed by atoms with Crippen LogP contribution in [0.1, 0.15) is 0 Å². The Morgan fingerprint density at radius 3 is 3.27 bits per heavy atom. The first-order valence-electron chi connectivity index (χ1n) is 3.02. The highest BCUT2D eigenvalue weighted by molar-refractivity contribution is 8.03. The number of rotatable bonds is 0. The van der Waals surface area contributed by atoms with E-state index >= 15 is 0 Å². The summed E-state index contributed by atoms with van der Waals surface area (Å²) in [7, 11) is 0. The molecule has 0 unspecified atom stereocenters. The second-order valence-electron chi connectivity index (χ2n) is 2.09. The quantitative estimate of drug-likeness (QED) is 0.603. The van der Waals surface area contributed by atoms with Crippen molar-refractivity contribution >= 4 is 23.5 Å². The van der Waals surface area contributed by atoms with Crippen LogP contribution in [0.3, 0.4) is 0 Å². The van der Waals surface area contributed by atoms with E-state index in [-0.39, 0.29) is 5.95 Å². The van der Waals surface area contributed by atoms with Crippen molar-refractivity contribution in [3.05, 3.63) is 17.8 Å². The zero-order valence-corrected chi connectivity index (χ0v) is 6.48. The van der Waals surface area contributed by atoms with Crippen molar-refractivity contribution in [2.24, 2.45) is 0 Å². The van der Waals surface area contributed by atoms with Crippen molar-refractivity contribution in [2.75, 3.05) is 11.1 Å². The number of aromatic nitrogens is 2. The Labute approximate surface area is 67.9 Å². The van der Waals surface area contributed by atoms with Crippen molar-refractivity contribution in [2.45, 2.75) is 4.90 Å². The molecule has 0 saturated carbocycles. The third-order valence-corrected chi connectivity index (χ3v) is 2.13. The molecule has 56 valence electrons. The number of hydrogen-bond acceptors (Lipinski definition) is 5. The molecule has 1 aliphatic heterocycles. The van der Waals surface area contributed by atoms with E-state index < -0.39 is 0 Å². The summed E-state index contributed by atoms with van der Waals surface area (Å²) in [6.07, 6.45) is 1.69. The number of anilines is 2. The minimum atomic E-state index is 0.284. The van der Waals surface area contributed by atoms with E-state index in [1.54, 1.807) is 6.20 Å². The summed E-state index contributed by atoms with van der Waals surface area (Å²) < 4.78 is 0. The number of fused-ring (bicyclic) bond motifs is 1. The first-order chi connectivity index (χ1) is 5.25. The standard InChI is InChI=1S/C6H6N4S/c1-3-9-5-4(11-3)2-8-6(7)10-5/h2H,1H2,(H3,7,8,9,10). The van der Waals surface area contributed by atoms with Gasteiger partial charge in [-0.1, -0.05) is 18.3 Å². The molecule has 1 aromatic rings. The van der Waals surface area contributed by atoms with Gasteiger partial charge in [-0.3, -0.25) is 0 Å². The van der Waals surface area contributed by atoms with Gasteiger partial charge in [-0.15, -0.1) is 0 Å².